The molecule has 4 nitrogen and oxygen atoms in total. The number of hydrogen-bond acceptors (Lipinski definition) is 3. The Balaban J connectivity index is 2.74. The summed E-state index contributed by atoms with van der Waals surface area (Å²) in [6.45, 7) is 0. The quantitative estimate of drug-likeness (QED) is 0.936. The minimum absolute atomic E-state index is 0.0610. The SMILES string of the molecule is COc1ccc(C#N)cc1-c1ccc(Cl)cc1C(=O)O. The number of carbonyl (C=O) groups is 1. The third-order valence-corrected chi connectivity index (χ3v) is 3.07. The number of carboxylic acid groups (broad SMARTS) is 1. The number of aromatic carboxylic acids is 1. The van der Waals surface area contributed by atoms with Gasteiger partial charge in [0, 0.05) is 16.1 Å². The van der Waals surface area contributed by atoms with Gasteiger partial charge in [-0.25, -0.2) is 4.79 Å². The van der Waals surface area contributed by atoms with E-state index in [4.69, 9.17) is 21.6 Å². The summed E-state index contributed by atoms with van der Waals surface area (Å²) >= 11 is 5.83. The molecule has 0 aromatic heterocycles. The van der Waals surface area contributed by atoms with Gasteiger partial charge >= 0.3 is 5.97 Å². The monoisotopic (exact) mass is 287 g/mol. The van der Waals surface area contributed by atoms with Gasteiger partial charge in [-0.3, -0.25) is 0 Å². The summed E-state index contributed by atoms with van der Waals surface area (Å²) in [5, 5.41) is 18.6. The van der Waals surface area contributed by atoms with Gasteiger partial charge < -0.3 is 9.84 Å². The predicted molar refractivity (Wildman–Crippen MR) is 75.1 cm³/mol. The van der Waals surface area contributed by atoms with Gasteiger partial charge in [-0.1, -0.05) is 17.7 Å². The second-order valence-electron chi connectivity index (χ2n) is 4.02. The standard InChI is InChI=1S/C15H10ClNO3/c1-20-14-5-2-9(8-17)6-12(14)11-4-3-10(16)7-13(11)15(18)19/h2-7H,1H3,(H,18,19). The number of halogens is 1. The van der Waals surface area contributed by atoms with Crippen molar-refractivity contribution in [3.8, 4) is 22.9 Å². The Bertz CT molecular complexity index is 720. The number of rotatable bonds is 3. The summed E-state index contributed by atoms with van der Waals surface area (Å²) < 4.78 is 5.23. The molecule has 0 aliphatic carbocycles. The summed E-state index contributed by atoms with van der Waals surface area (Å²) in [5.41, 5.74) is 1.48. The van der Waals surface area contributed by atoms with Crippen molar-refractivity contribution in [1.29, 1.82) is 5.26 Å². The van der Waals surface area contributed by atoms with Crippen LogP contribution in [0.1, 0.15) is 15.9 Å². The largest absolute Gasteiger partial charge is 0.496 e. The molecule has 2 rings (SSSR count). The molecule has 0 saturated heterocycles. The smallest absolute Gasteiger partial charge is 0.336 e. The first kappa shape index (κ1) is 13.9. The normalized spacial score (nSPS) is 9.85. The molecule has 0 bridgehead atoms. The zero-order chi connectivity index (χ0) is 14.7. The van der Waals surface area contributed by atoms with Crippen molar-refractivity contribution in [3.63, 3.8) is 0 Å². The van der Waals surface area contributed by atoms with Crippen LogP contribution in [0.25, 0.3) is 11.1 Å². The predicted octanol–water partition coefficient (Wildman–Crippen LogP) is 3.59. The van der Waals surface area contributed by atoms with E-state index in [-0.39, 0.29) is 5.56 Å². The van der Waals surface area contributed by atoms with Gasteiger partial charge in [0.2, 0.25) is 0 Å². The van der Waals surface area contributed by atoms with Gasteiger partial charge in [0.05, 0.1) is 24.3 Å². The molecule has 100 valence electrons. The van der Waals surface area contributed by atoms with Crippen LogP contribution in [0, 0.1) is 11.3 Å². The van der Waals surface area contributed by atoms with Crippen LogP contribution in [-0.2, 0) is 0 Å². The average molecular weight is 288 g/mol. The zero-order valence-electron chi connectivity index (χ0n) is 10.6. The molecule has 1 N–H and O–H groups in total. The summed E-state index contributed by atoms with van der Waals surface area (Å²) in [6, 6.07) is 11.4. The Morgan fingerprint density at radius 1 is 1.25 bits per heavy atom. The van der Waals surface area contributed by atoms with Crippen LogP contribution >= 0.6 is 11.6 Å². The summed E-state index contributed by atoms with van der Waals surface area (Å²) in [6.07, 6.45) is 0. The Hall–Kier alpha value is -2.51. The van der Waals surface area contributed by atoms with Crippen LogP contribution in [0.15, 0.2) is 36.4 Å². The lowest BCUT2D eigenvalue weighted by atomic mass is 9.97. The highest BCUT2D eigenvalue weighted by atomic mass is 35.5. The van der Waals surface area contributed by atoms with Gasteiger partial charge in [-0.2, -0.15) is 5.26 Å². The molecular weight excluding hydrogens is 278 g/mol. The van der Waals surface area contributed by atoms with Gasteiger partial charge in [0.15, 0.2) is 0 Å². The Kier molecular flexibility index (Phi) is 3.92. The minimum atomic E-state index is -1.09. The third-order valence-electron chi connectivity index (χ3n) is 2.83. The highest BCUT2D eigenvalue weighted by Crippen LogP contribution is 2.34. The van der Waals surface area contributed by atoms with Crippen molar-refractivity contribution >= 4 is 17.6 Å². The molecule has 2 aromatic rings. The van der Waals surface area contributed by atoms with Gasteiger partial charge in [-0.05, 0) is 30.3 Å². The van der Waals surface area contributed by atoms with Crippen molar-refractivity contribution in [1.82, 2.24) is 0 Å². The molecule has 0 spiro atoms. The molecule has 2 aromatic carbocycles. The summed E-state index contributed by atoms with van der Waals surface area (Å²) in [5.74, 6) is -0.597. The van der Waals surface area contributed by atoms with Gasteiger partial charge in [0.1, 0.15) is 5.75 Å². The zero-order valence-corrected chi connectivity index (χ0v) is 11.3. The molecule has 0 atom stereocenters. The molecule has 0 heterocycles. The minimum Gasteiger partial charge on any atom is -0.496 e. The highest BCUT2D eigenvalue weighted by Gasteiger charge is 2.16. The Morgan fingerprint density at radius 2 is 2.00 bits per heavy atom. The van der Waals surface area contributed by atoms with E-state index in [0.717, 1.165) is 0 Å². The van der Waals surface area contributed by atoms with E-state index in [1.54, 1.807) is 30.3 Å². The molecule has 0 amide bonds. The number of carboxylic acids is 1. The molecule has 0 fully saturated rings. The van der Waals surface area contributed by atoms with Gasteiger partial charge in [-0.15, -0.1) is 0 Å². The van der Waals surface area contributed by atoms with E-state index >= 15 is 0 Å². The number of benzene rings is 2. The van der Waals surface area contributed by atoms with E-state index in [1.807, 2.05) is 6.07 Å². The second kappa shape index (κ2) is 5.64. The topological polar surface area (TPSA) is 70.3 Å². The van der Waals surface area contributed by atoms with Crippen molar-refractivity contribution in [2.75, 3.05) is 7.11 Å². The fourth-order valence-corrected chi connectivity index (χ4v) is 2.09. The maximum Gasteiger partial charge on any atom is 0.336 e. The van der Waals surface area contributed by atoms with E-state index in [1.165, 1.54) is 13.2 Å². The molecule has 0 aliphatic rings. The Labute approximate surface area is 120 Å². The van der Waals surface area contributed by atoms with E-state index in [0.29, 0.717) is 27.5 Å². The number of ether oxygens (including phenoxy) is 1. The fraction of sp³-hybridized carbons (Fsp3) is 0.0667. The lowest BCUT2D eigenvalue weighted by Crippen LogP contribution is -2.00. The number of hydrogen-bond donors (Lipinski definition) is 1. The molecule has 5 heteroatoms. The van der Waals surface area contributed by atoms with E-state index in [9.17, 15) is 9.90 Å². The van der Waals surface area contributed by atoms with Crippen LogP contribution < -0.4 is 4.74 Å². The van der Waals surface area contributed by atoms with E-state index < -0.39 is 5.97 Å². The van der Waals surface area contributed by atoms with Crippen LogP contribution in [0.5, 0.6) is 5.75 Å². The molecular formula is C15H10ClNO3. The second-order valence-corrected chi connectivity index (χ2v) is 4.46. The third kappa shape index (κ3) is 2.58. The molecule has 0 unspecified atom stereocenters. The lowest BCUT2D eigenvalue weighted by Gasteiger charge is -2.11. The first-order valence-corrected chi connectivity index (χ1v) is 6.06. The van der Waals surface area contributed by atoms with Crippen LogP contribution in [-0.4, -0.2) is 18.2 Å². The van der Waals surface area contributed by atoms with Crippen molar-refractivity contribution in [3.05, 3.63) is 52.5 Å². The number of nitriles is 1. The van der Waals surface area contributed by atoms with Crippen LogP contribution in [0.3, 0.4) is 0 Å². The Morgan fingerprint density at radius 3 is 2.60 bits per heavy atom. The van der Waals surface area contributed by atoms with Crippen LogP contribution in [0.4, 0.5) is 0 Å². The van der Waals surface area contributed by atoms with Gasteiger partial charge in [0.25, 0.3) is 0 Å². The maximum atomic E-state index is 11.3. The number of methoxy groups -OCH3 is 1. The van der Waals surface area contributed by atoms with Crippen molar-refractivity contribution in [2.24, 2.45) is 0 Å². The van der Waals surface area contributed by atoms with Crippen molar-refractivity contribution < 1.29 is 14.6 Å². The van der Waals surface area contributed by atoms with Crippen molar-refractivity contribution in [2.45, 2.75) is 0 Å². The molecule has 0 radical (unpaired) electrons. The highest BCUT2D eigenvalue weighted by molar-refractivity contribution is 6.31. The molecule has 0 saturated carbocycles. The lowest BCUT2D eigenvalue weighted by molar-refractivity contribution is 0.0697. The number of nitrogens with zero attached hydrogens (tertiary/aromatic N) is 1. The average Bonchev–Trinajstić information content (AvgIpc) is 2.46. The molecule has 0 aliphatic heterocycles. The summed E-state index contributed by atoms with van der Waals surface area (Å²) in [4.78, 5) is 11.3. The first-order chi connectivity index (χ1) is 9.56. The van der Waals surface area contributed by atoms with Crippen LogP contribution in [0.2, 0.25) is 5.02 Å². The maximum absolute atomic E-state index is 11.3. The first-order valence-electron chi connectivity index (χ1n) is 5.68. The fourth-order valence-electron chi connectivity index (χ4n) is 1.92. The molecule has 20 heavy (non-hydrogen) atoms. The summed E-state index contributed by atoms with van der Waals surface area (Å²) in [7, 11) is 1.49. The van der Waals surface area contributed by atoms with E-state index in [2.05, 4.69) is 0 Å².